The maximum Gasteiger partial charge on any atom is 1.00 e. The molecule has 0 bridgehead atoms. The molecule has 466 valence electrons. The molecule has 0 spiro atoms. The molecule has 5 heterocycles. The minimum absolute atomic E-state index is 0. The van der Waals surface area contributed by atoms with Crippen LogP contribution in [0.1, 0.15) is 94.5 Å². The Hall–Kier alpha value is -8.96. The summed E-state index contributed by atoms with van der Waals surface area (Å²) in [5.41, 5.74) is 7.05. The summed E-state index contributed by atoms with van der Waals surface area (Å²) < 4.78 is 42.6. The van der Waals surface area contributed by atoms with Gasteiger partial charge < -0.3 is 67.0 Å². The molecule has 7 amide bonds. The number of carbonyl (C=O) groups excluding carboxylic acids is 7. The van der Waals surface area contributed by atoms with Crippen molar-refractivity contribution in [2.75, 3.05) is 33.8 Å². The Kier molecular flexibility index (Phi) is 21.3. The number of rotatable bonds is 22. The van der Waals surface area contributed by atoms with E-state index in [-0.39, 0.29) is 106 Å². The first-order chi connectivity index (χ1) is 42.5. The van der Waals surface area contributed by atoms with Crippen LogP contribution in [-0.4, -0.2) is 112 Å². The molecule has 4 aromatic carbocycles. The number of likely N-dealkylation sites (tertiary alicyclic amines) is 1. The maximum absolute atomic E-state index is 14.4. The molecule has 1 fully saturated rings. The Morgan fingerprint density at radius 1 is 0.833 bits per heavy atom. The molecule has 3 aliphatic heterocycles. The predicted molar refractivity (Wildman–Crippen MR) is 331 cm³/mol. The number of sulfonamides is 1. The van der Waals surface area contributed by atoms with E-state index in [2.05, 4.69) is 41.9 Å². The first kappa shape index (κ1) is 67.0. The third-order valence-corrected chi connectivity index (χ3v) is 16.9. The van der Waals surface area contributed by atoms with Gasteiger partial charge in [0.1, 0.15) is 24.7 Å². The van der Waals surface area contributed by atoms with Crippen LogP contribution < -0.4 is 82.8 Å². The number of carboxylic acids is 1. The van der Waals surface area contributed by atoms with E-state index in [0.29, 0.717) is 42.0 Å². The van der Waals surface area contributed by atoms with Gasteiger partial charge in [0.15, 0.2) is 5.11 Å². The maximum atomic E-state index is 14.4. The molecule has 0 aliphatic carbocycles. The van der Waals surface area contributed by atoms with Gasteiger partial charge in [-0.3, -0.25) is 28.7 Å². The number of benzene rings is 4. The molecular formula is C61H66N12NaO14S2+. The minimum Gasteiger partial charge on any atom is -0.481 e. The van der Waals surface area contributed by atoms with Gasteiger partial charge in [-0.25, -0.2) is 32.6 Å². The van der Waals surface area contributed by atoms with Crippen LogP contribution in [0.2, 0.25) is 0 Å². The number of aromatic nitrogens is 2. The second kappa shape index (κ2) is 28.7. The normalized spacial score (nSPS) is 16.5. The molecule has 3 aliphatic rings. The van der Waals surface area contributed by atoms with E-state index in [1.165, 1.54) is 77.7 Å². The Labute approximate surface area is 544 Å². The number of pyridine rings is 2. The van der Waals surface area contributed by atoms with Crippen molar-refractivity contribution in [1.82, 2.24) is 35.7 Å². The van der Waals surface area contributed by atoms with Crippen molar-refractivity contribution < 1.29 is 90.9 Å². The van der Waals surface area contributed by atoms with Gasteiger partial charge in [0.2, 0.25) is 23.3 Å². The number of nitrogens with two attached hydrogens (primary N) is 1. The van der Waals surface area contributed by atoms with E-state index in [0.717, 1.165) is 10.9 Å². The van der Waals surface area contributed by atoms with E-state index in [9.17, 15) is 56.7 Å². The van der Waals surface area contributed by atoms with Crippen molar-refractivity contribution in [3.63, 3.8) is 0 Å². The fourth-order valence-electron chi connectivity index (χ4n) is 10.9. The predicted octanol–water partition coefficient (Wildman–Crippen LogP) is 2.67. The number of thiocarbonyl (C=S) groups is 1. The van der Waals surface area contributed by atoms with Gasteiger partial charge in [0.05, 0.1) is 52.8 Å². The topological polar surface area (TPSA) is 370 Å². The summed E-state index contributed by atoms with van der Waals surface area (Å²) in [6, 6.07) is 22.2. The number of urea groups is 2. The van der Waals surface area contributed by atoms with Gasteiger partial charge in [0.25, 0.3) is 15.6 Å². The summed E-state index contributed by atoms with van der Waals surface area (Å²) in [5.74, 6) is -6.05. The first-order valence-corrected chi connectivity index (χ1v) is 30.6. The van der Waals surface area contributed by atoms with Crippen molar-refractivity contribution >= 4 is 109 Å². The van der Waals surface area contributed by atoms with Crippen LogP contribution in [0.4, 0.5) is 32.3 Å². The number of aliphatic carboxylic acids is 1. The van der Waals surface area contributed by atoms with Crippen LogP contribution in [0.25, 0.3) is 22.3 Å². The van der Waals surface area contributed by atoms with E-state index in [4.69, 9.17) is 32.4 Å². The van der Waals surface area contributed by atoms with Gasteiger partial charge in [-0.05, 0) is 122 Å². The molecule has 90 heavy (non-hydrogen) atoms. The molecule has 6 aromatic rings. The average molecular weight is 1280 g/mol. The minimum atomic E-state index is -4.21. The Morgan fingerprint density at radius 3 is 2.23 bits per heavy atom. The second-order valence-corrected chi connectivity index (χ2v) is 24.0. The molecule has 2 aromatic heterocycles. The summed E-state index contributed by atoms with van der Waals surface area (Å²) in [6.45, 7) is 7.20. The molecule has 0 saturated carbocycles. The largest absolute Gasteiger partial charge is 1.00 e. The monoisotopic (exact) mass is 1280 g/mol. The molecule has 1 saturated heterocycles. The fourth-order valence-corrected chi connectivity index (χ4v) is 12.2. The number of carboxylic acid groups (broad SMARTS) is 1. The standard InChI is InChI=1S/C61H66N12O14S2.Na/c1-5-23-63-58(82)65-39-14-10-16-41(27-39)89(84,85)71-40-15-9-13-35(26-40)45(30-50(75)76)68-59(83)64-37-19-21-38(22-20-37)66-60(88)69-46(29-49(62)74)55(79)72-24-11-18-47(72)53(77)70-51(33(3)4)56(80)87-61(6-2)43-28-48-52-36(25-34-12-7-8-17-44(34)67-52)31-73(48)54(78)42(43)32-86-57(61)81;/h7-10,12-17,19-22,25-28,33,45-47,51,71H,5-6,11,18,23-24,29-32H2,1-4H3,(H2,62,74)(H,70,77)(H,75,76)(H2,63,65,82)(H2,64,68,83)(H2,66,69,88);/q;+1/t45?,46-,47-,51-,61-;/m0./s1. The Morgan fingerprint density at radius 2 is 1.53 bits per heavy atom. The molecule has 11 N–H and O–H groups in total. The number of amides is 7. The van der Waals surface area contributed by atoms with E-state index in [1.807, 2.05) is 37.3 Å². The van der Waals surface area contributed by atoms with Gasteiger partial charge >= 0.3 is 59.5 Å². The third kappa shape index (κ3) is 15.2. The van der Waals surface area contributed by atoms with Crippen LogP contribution >= 0.6 is 12.2 Å². The van der Waals surface area contributed by atoms with Crippen molar-refractivity contribution in [1.29, 1.82) is 0 Å². The van der Waals surface area contributed by atoms with Crippen LogP contribution in [-0.2, 0) is 67.0 Å². The number of nitrogens with one attached hydrogen (secondary N) is 8. The molecule has 5 atom stereocenters. The molecule has 1 unspecified atom stereocenters. The summed E-state index contributed by atoms with van der Waals surface area (Å²) in [6.07, 6.45) is 0.00130. The van der Waals surface area contributed by atoms with Crippen LogP contribution in [0.15, 0.2) is 119 Å². The molecule has 9 rings (SSSR count). The van der Waals surface area contributed by atoms with Crippen molar-refractivity contribution in [2.24, 2.45) is 11.7 Å². The van der Waals surface area contributed by atoms with E-state index in [1.54, 1.807) is 31.4 Å². The SMILES string of the molecule is CCCNC(=O)Nc1cccc(S(=O)(=O)Nc2cccc(C(CC(=O)O)NC(=O)Nc3ccc(NC(=S)N[C@@H](CC(N)=O)C(=O)N4CCC[C@H]4C(=O)N[C@H](C(=O)O[C@]4(CC)C(=O)OCc5c4cc4n(c5=O)Cc5cc6ccccc6nc5-4)C(C)C)cc3)c2)c1.[Na+]. The smallest absolute Gasteiger partial charge is 0.481 e. The zero-order chi connectivity index (χ0) is 63.9. The number of fused-ring (bicyclic) bond motifs is 5. The number of hydrogen-bond donors (Lipinski definition) is 10. The molecule has 0 radical (unpaired) electrons. The molecule has 26 nitrogen and oxygen atoms in total. The average Bonchev–Trinajstić information content (AvgIpc) is 1.31. The van der Waals surface area contributed by atoms with Crippen LogP contribution in [0, 0.1) is 5.92 Å². The number of anilines is 4. The summed E-state index contributed by atoms with van der Waals surface area (Å²) in [4.78, 5) is 127. The first-order valence-electron chi connectivity index (χ1n) is 28.7. The van der Waals surface area contributed by atoms with Gasteiger partial charge in [-0.2, -0.15) is 0 Å². The summed E-state index contributed by atoms with van der Waals surface area (Å²) >= 11 is 5.55. The van der Waals surface area contributed by atoms with E-state index < -0.39 is 112 Å². The van der Waals surface area contributed by atoms with Gasteiger partial charge in [-0.15, -0.1) is 0 Å². The second-order valence-electron chi connectivity index (χ2n) is 21.9. The number of nitrogens with zero attached hydrogens (tertiary/aromatic N) is 3. The number of para-hydroxylation sites is 1. The Bertz CT molecular complexity index is 4000. The quantitative estimate of drug-likeness (QED) is 0.0265. The van der Waals surface area contributed by atoms with Crippen LogP contribution in [0.3, 0.4) is 0 Å². The van der Waals surface area contributed by atoms with Crippen molar-refractivity contribution in [3.8, 4) is 11.4 Å². The zero-order valence-electron chi connectivity index (χ0n) is 49.8. The number of esters is 2. The third-order valence-electron chi connectivity index (χ3n) is 15.3. The summed E-state index contributed by atoms with van der Waals surface area (Å²) in [7, 11) is -4.21. The number of ether oxygens (including phenoxy) is 2. The summed E-state index contributed by atoms with van der Waals surface area (Å²) in [5, 5.41) is 29.5. The zero-order valence-corrected chi connectivity index (χ0v) is 53.5. The van der Waals surface area contributed by atoms with E-state index >= 15 is 0 Å². The van der Waals surface area contributed by atoms with Crippen molar-refractivity contribution in [2.45, 2.75) is 114 Å². The van der Waals surface area contributed by atoms with Crippen molar-refractivity contribution in [3.05, 3.63) is 142 Å². The Balaban J connectivity index is 0.0000105. The number of carbonyl (C=O) groups is 8. The molecular weight excluding hydrogens is 1210 g/mol. The fraction of sp³-hybridized carbons (Fsp3) is 0.328. The number of cyclic esters (lactones) is 1. The van der Waals surface area contributed by atoms with Crippen LogP contribution in [0.5, 0.6) is 0 Å². The number of hydrogen-bond acceptors (Lipinski definition) is 15. The van der Waals surface area contributed by atoms with Gasteiger partial charge in [0, 0.05) is 52.4 Å². The molecule has 29 heteroatoms. The van der Waals surface area contributed by atoms with Gasteiger partial charge in [-0.1, -0.05) is 64.1 Å². The number of primary amides is 1.